The summed E-state index contributed by atoms with van der Waals surface area (Å²) in [4.78, 5) is 0. The monoisotopic (exact) mass is 219 g/mol. The van der Waals surface area contributed by atoms with Gasteiger partial charge < -0.3 is 10.1 Å². The Bertz CT molecular complexity index is 407. The first-order valence-electron chi connectivity index (χ1n) is 5.42. The molecule has 16 heavy (non-hydrogen) atoms. The molecule has 0 unspecified atom stereocenters. The summed E-state index contributed by atoms with van der Waals surface area (Å²) in [6.45, 7) is 0.199. The fraction of sp³-hybridized carbons (Fsp3) is 0.385. The maximum atomic E-state index is 13.1. The number of benzene rings is 1. The maximum Gasteiger partial charge on any atom is 0.148 e. The first kappa shape index (κ1) is 10.8. The van der Waals surface area contributed by atoms with Crippen molar-refractivity contribution in [2.45, 2.75) is 25.3 Å². The van der Waals surface area contributed by atoms with E-state index in [1.165, 1.54) is 18.6 Å². The van der Waals surface area contributed by atoms with Gasteiger partial charge in [-0.05, 0) is 31.4 Å². The van der Waals surface area contributed by atoms with Gasteiger partial charge in [0, 0.05) is 12.1 Å². The van der Waals surface area contributed by atoms with Crippen LogP contribution in [-0.4, -0.2) is 12.6 Å². The molecule has 0 aliphatic heterocycles. The third kappa shape index (κ3) is 2.46. The molecule has 1 saturated carbocycles. The summed E-state index contributed by atoms with van der Waals surface area (Å²) in [6.07, 6.45) is 8.62. The van der Waals surface area contributed by atoms with Crippen molar-refractivity contribution in [3.8, 4) is 18.1 Å². The first-order chi connectivity index (χ1) is 7.79. The van der Waals surface area contributed by atoms with Gasteiger partial charge in [-0.15, -0.1) is 6.42 Å². The van der Waals surface area contributed by atoms with Gasteiger partial charge in [-0.25, -0.2) is 4.39 Å². The Hall–Kier alpha value is -1.69. The fourth-order valence-corrected chi connectivity index (χ4v) is 1.63. The predicted molar refractivity (Wildman–Crippen MR) is 62.0 cm³/mol. The number of anilines is 1. The van der Waals surface area contributed by atoms with Crippen molar-refractivity contribution in [3.63, 3.8) is 0 Å². The third-order valence-electron chi connectivity index (χ3n) is 2.72. The lowest BCUT2D eigenvalue weighted by molar-refractivity contribution is 0.368. The second-order valence-corrected chi connectivity index (χ2v) is 3.91. The second kappa shape index (κ2) is 4.89. The average molecular weight is 219 g/mol. The highest BCUT2D eigenvalue weighted by Crippen LogP contribution is 2.30. The highest BCUT2D eigenvalue weighted by molar-refractivity contribution is 5.57. The zero-order chi connectivity index (χ0) is 11.4. The Morgan fingerprint density at radius 2 is 2.31 bits per heavy atom. The summed E-state index contributed by atoms with van der Waals surface area (Å²) < 4.78 is 18.5. The maximum absolute atomic E-state index is 13.1. The topological polar surface area (TPSA) is 21.3 Å². The van der Waals surface area contributed by atoms with E-state index in [9.17, 15) is 4.39 Å². The van der Waals surface area contributed by atoms with Crippen molar-refractivity contribution >= 4 is 5.69 Å². The summed E-state index contributed by atoms with van der Waals surface area (Å²) in [5.74, 6) is 2.74. The smallest absolute Gasteiger partial charge is 0.148 e. The number of nitrogens with one attached hydrogen (secondary N) is 1. The quantitative estimate of drug-likeness (QED) is 0.786. The van der Waals surface area contributed by atoms with Gasteiger partial charge in [0.1, 0.15) is 18.2 Å². The molecule has 0 heterocycles. The standard InChI is InChI=1S/C13H14FNO/c1-2-8-16-13-7-6-10(14)9-12(13)15-11-4-3-5-11/h1,6-7,9,11,15H,3-5,8H2. The van der Waals surface area contributed by atoms with Gasteiger partial charge in [0.25, 0.3) is 0 Å². The van der Waals surface area contributed by atoms with Crippen molar-refractivity contribution in [1.82, 2.24) is 0 Å². The molecule has 0 radical (unpaired) electrons. The molecule has 1 aromatic carbocycles. The lowest BCUT2D eigenvalue weighted by Gasteiger charge is -2.28. The van der Waals surface area contributed by atoms with Crippen molar-refractivity contribution in [3.05, 3.63) is 24.0 Å². The molecule has 0 saturated heterocycles. The Morgan fingerprint density at radius 3 is 2.94 bits per heavy atom. The van der Waals surface area contributed by atoms with E-state index < -0.39 is 0 Å². The zero-order valence-electron chi connectivity index (χ0n) is 9.00. The molecule has 0 bridgehead atoms. The molecule has 1 aliphatic carbocycles. The normalized spacial score (nSPS) is 15.0. The predicted octanol–water partition coefficient (Wildman–Crippen LogP) is 2.80. The molecule has 1 fully saturated rings. The molecule has 1 N–H and O–H groups in total. The Labute approximate surface area is 94.8 Å². The highest BCUT2D eigenvalue weighted by Gasteiger charge is 2.18. The van der Waals surface area contributed by atoms with Gasteiger partial charge >= 0.3 is 0 Å². The Kier molecular flexibility index (Phi) is 3.31. The van der Waals surface area contributed by atoms with Gasteiger partial charge in [0.05, 0.1) is 5.69 Å². The van der Waals surface area contributed by atoms with Crippen LogP contribution in [0.3, 0.4) is 0 Å². The van der Waals surface area contributed by atoms with E-state index in [0.717, 1.165) is 12.8 Å². The number of rotatable bonds is 4. The molecule has 0 atom stereocenters. The van der Waals surface area contributed by atoms with Gasteiger partial charge in [-0.3, -0.25) is 0 Å². The van der Waals surface area contributed by atoms with Crippen molar-refractivity contribution in [2.24, 2.45) is 0 Å². The van der Waals surface area contributed by atoms with Gasteiger partial charge in [0.15, 0.2) is 0 Å². The van der Waals surface area contributed by atoms with Gasteiger partial charge in [-0.1, -0.05) is 5.92 Å². The van der Waals surface area contributed by atoms with E-state index in [2.05, 4.69) is 11.2 Å². The minimum absolute atomic E-state index is 0.199. The molecular weight excluding hydrogens is 205 g/mol. The molecule has 84 valence electrons. The number of halogens is 1. The van der Waals surface area contributed by atoms with Crippen molar-refractivity contribution in [2.75, 3.05) is 11.9 Å². The van der Waals surface area contributed by atoms with Gasteiger partial charge in [0.2, 0.25) is 0 Å². The molecule has 0 amide bonds. The minimum Gasteiger partial charge on any atom is -0.479 e. The molecule has 3 heteroatoms. The lowest BCUT2D eigenvalue weighted by Crippen LogP contribution is -2.27. The molecule has 1 aliphatic rings. The van der Waals surface area contributed by atoms with E-state index >= 15 is 0 Å². The van der Waals surface area contributed by atoms with Crippen LogP contribution in [0.2, 0.25) is 0 Å². The van der Waals surface area contributed by atoms with E-state index in [1.54, 1.807) is 6.07 Å². The number of terminal acetylenes is 1. The van der Waals surface area contributed by atoms with Crippen LogP contribution in [0, 0.1) is 18.2 Å². The molecule has 0 spiro atoms. The van der Waals surface area contributed by atoms with E-state index in [1.807, 2.05) is 0 Å². The summed E-state index contributed by atoms with van der Waals surface area (Å²) >= 11 is 0. The molecular formula is C13H14FNO. The summed E-state index contributed by atoms with van der Waals surface area (Å²) in [5, 5.41) is 3.26. The highest BCUT2D eigenvalue weighted by atomic mass is 19.1. The van der Waals surface area contributed by atoms with Crippen LogP contribution in [-0.2, 0) is 0 Å². The van der Waals surface area contributed by atoms with Crippen LogP contribution >= 0.6 is 0 Å². The molecule has 1 aromatic rings. The molecule has 0 aromatic heterocycles. The van der Waals surface area contributed by atoms with Crippen LogP contribution in [0.1, 0.15) is 19.3 Å². The largest absolute Gasteiger partial charge is 0.479 e. The van der Waals surface area contributed by atoms with Crippen molar-refractivity contribution in [1.29, 1.82) is 0 Å². The number of ether oxygens (including phenoxy) is 1. The summed E-state index contributed by atoms with van der Waals surface area (Å²) in [6, 6.07) is 4.87. The summed E-state index contributed by atoms with van der Waals surface area (Å²) in [5.41, 5.74) is 0.694. The van der Waals surface area contributed by atoms with Gasteiger partial charge in [-0.2, -0.15) is 0 Å². The van der Waals surface area contributed by atoms with E-state index in [0.29, 0.717) is 17.5 Å². The lowest BCUT2D eigenvalue weighted by atomic mass is 9.93. The number of hydrogen-bond donors (Lipinski definition) is 1. The van der Waals surface area contributed by atoms with Crippen LogP contribution < -0.4 is 10.1 Å². The first-order valence-corrected chi connectivity index (χ1v) is 5.42. The van der Waals surface area contributed by atoms with Crippen LogP contribution in [0.25, 0.3) is 0 Å². The van der Waals surface area contributed by atoms with E-state index in [4.69, 9.17) is 11.2 Å². The average Bonchev–Trinajstić information content (AvgIpc) is 2.22. The van der Waals surface area contributed by atoms with Crippen LogP contribution in [0.4, 0.5) is 10.1 Å². The second-order valence-electron chi connectivity index (χ2n) is 3.91. The Balaban J connectivity index is 2.11. The summed E-state index contributed by atoms with van der Waals surface area (Å²) in [7, 11) is 0. The third-order valence-corrected chi connectivity index (χ3v) is 2.72. The van der Waals surface area contributed by atoms with E-state index in [-0.39, 0.29) is 12.4 Å². The van der Waals surface area contributed by atoms with Crippen LogP contribution in [0.5, 0.6) is 5.75 Å². The fourth-order valence-electron chi connectivity index (χ4n) is 1.63. The van der Waals surface area contributed by atoms with Crippen molar-refractivity contribution < 1.29 is 9.13 Å². The minimum atomic E-state index is -0.269. The molecule has 2 nitrogen and oxygen atoms in total. The zero-order valence-corrected chi connectivity index (χ0v) is 9.00. The number of hydrogen-bond acceptors (Lipinski definition) is 2. The van der Waals surface area contributed by atoms with Crippen LogP contribution in [0.15, 0.2) is 18.2 Å². The molecule has 2 rings (SSSR count). The Morgan fingerprint density at radius 1 is 1.50 bits per heavy atom. The SMILES string of the molecule is C#CCOc1ccc(F)cc1NC1CCC1.